The quantitative estimate of drug-likeness (QED) is 0.845. The van der Waals surface area contributed by atoms with Crippen molar-refractivity contribution in [1.29, 1.82) is 0 Å². The average molecular weight is 337 g/mol. The fraction of sp³-hybridized carbons (Fsp3) is 0.706. The van der Waals surface area contributed by atoms with Crippen molar-refractivity contribution in [1.82, 2.24) is 14.2 Å². The Morgan fingerprint density at radius 2 is 2.04 bits per heavy atom. The van der Waals surface area contributed by atoms with Gasteiger partial charge >= 0.3 is 0 Å². The molecule has 0 N–H and O–H groups in total. The van der Waals surface area contributed by atoms with Gasteiger partial charge in [-0.2, -0.15) is 4.31 Å². The largest absolute Gasteiger partial charge is 0.309 e. The van der Waals surface area contributed by atoms with E-state index in [-0.39, 0.29) is 5.41 Å². The van der Waals surface area contributed by atoms with Crippen LogP contribution in [0.25, 0.3) is 0 Å². The molecule has 23 heavy (non-hydrogen) atoms. The second-order valence-corrected chi connectivity index (χ2v) is 9.31. The molecule has 1 aromatic rings. The lowest BCUT2D eigenvalue weighted by Gasteiger charge is -2.39. The van der Waals surface area contributed by atoms with Crippen LogP contribution in [0, 0.1) is 11.3 Å². The second-order valence-electron chi connectivity index (χ2n) is 7.37. The minimum absolute atomic E-state index is 0.164. The zero-order chi connectivity index (χ0) is 16.5. The molecule has 1 saturated heterocycles. The molecule has 1 unspecified atom stereocenters. The second kappa shape index (κ2) is 6.49. The molecule has 1 aliphatic carbocycles. The summed E-state index contributed by atoms with van der Waals surface area (Å²) < 4.78 is 27.6. The topological polar surface area (TPSA) is 53.5 Å². The van der Waals surface area contributed by atoms with Crippen LogP contribution in [0.15, 0.2) is 29.4 Å². The highest BCUT2D eigenvalue weighted by molar-refractivity contribution is 7.89. The molecule has 128 valence electrons. The molecule has 0 bridgehead atoms. The summed E-state index contributed by atoms with van der Waals surface area (Å²) in [6, 6.07) is 3.34. The van der Waals surface area contributed by atoms with Gasteiger partial charge in [0.1, 0.15) is 4.90 Å². The van der Waals surface area contributed by atoms with E-state index in [0.717, 1.165) is 19.4 Å². The van der Waals surface area contributed by atoms with Gasteiger partial charge in [-0.15, -0.1) is 0 Å². The SMILES string of the molecule is CN(C)CC1CN(S(=O)(=O)c2cccnc2)CC12CCCCC2. The van der Waals surface area contributed by atoms with Crippen LogP contribution in [-0.2, 0) is 10.0 Å². The summed E-state index contributed by atoms with van der Waals surface area (Å²) in [4.78, 5) is 6.49. The van der Waals surface area contributed by atoms with E-state index in [4.69, 9.17) is 0 Å². The molecule has 1 saturated carbocycles. The van der Waals surface area contributed by atoms with Gasteiger partial charge in [0.05, 0.1) is 0 Å². The lowest BCUT2D eigenvalue weighted by molar-refractivity contribution is 0.122. The van der Waals surface area contributed by atoms with E-state index in [1.165, 1.54) is 25.5 Å². The van der Waals surface area contributed by atoms with Gasteiger partial charge in [0.25, 0.3) is 0 Å². The number of sulfonamides is 1. The Hall–Kier alpha value is -0.980. The van der Waals surface area contributed by atoms with Crippen molar-refractivity contribution < 1.29 is 8.42 Å². The molecule has 0 radical (unpaired) electrons. The van der Waals surface area contributed by atoms with Crippen molar-refractivity contribution in [2.24, 2.45) is 11.3 Å². The van der Waals surface area contributed by atoms with E-state index in [0.29, 0.717) is 23.9 Å². The molecule has 6 heteroatoms. The Bertz CT molecular complexity index is 624. The van der Waals surface area contributed by atoms with Crippen molar-refractivity contribution in [2.75, 3.05) is 33.7 Å². The first kappa shape index (κ1) is 16.9. The van der Waals surface area contributed by atoms with Crippen LogP contribution >= 0.6 is 0 Å². The lowest BCUT2D eigenvalue weighted by atomic mass is 9.67. The predicted molar refractivity (Wildman–Crippen MR) is 90.6 cm³/mol. The van der Waals surface area contributed by atoms with E-state index in [1.807, 2.05) is 0 Å². The molecule has 2 fully saturated rings. The summed E-state index contributed by atoms with van der Waals surface area (Å²) in [5.41, 5.74) is 0.164. The summed E-state index contributed by atoms with van der Waals surface area (Å²) in [5.74, 6) is 0.421. The van der Waals surface area contributed by atoms with Crippen molar-refractivity contribution >= 4 is 10.0 Å². The average Bonchev–Trinajstić information content (AvgIpc) is 2.87. The highest BCUT2D eigenvalue weighted by Gasteiger charge is 2.50. The van der Waals surface area contributed by atoms with Crippen LogP contribution in [0.3, 0.4) is 0 Å². The Morgan fingerprint density at radius 1 is 1.30 bits per heavy atom. The van der Waals surface area contributed by atoms with Gasteiger partial charge in [-0.25, -0.2) is 8.42 Å². The van der Waals surface area contributed by atoms with Crippen molar-refractivity contribution in [3.8, 4) is 0 Å². The highest BCUT2D eigenvalue weighted by atomic mass is 32.2. The molecule has 2 aliphatic rings. The molecular formula is C17H27N3O2S. The van der Waals surface area contributed by atoms with Gasteiger partial charge in [0, 0.05) is 32.0 Å². The van der Waals surface area contributed by atoms with E-state index in [2.05, 4.69) is 24.0 Å². The maximum atomic E-state index is 13.0. The van der Waals surface area contributed by atoms with Crippen LogP contribution in [0.5, 0.6) is 0 Å². The Labute approximate surface area is 139 Å². The molecular weight excluding hydrogens is 310 g/mol. The predicted octanol–water partition coefficient (Wildman–Crippen LogP) is 2.21. The molecule has 1 spiro atoms. The Morgan fingerprint density at radius 3 is 2.65 bits per heavy atom. The van der Waals surface area contributed by atoms with Crippen LogP contribution in [-0.4, -0.2) is 56.3 Å². The third-order valence-electron chi connectivity index (χ3n) is 5.49. The smallest absolute Gasteiger partial charge is 0.244 e. The number of aromatic nitrogens is 1. The molecule has 0 amide bonds. The molecule has 0 aromatic carbocycles. The first-order valence-electron chi connectivity index (χ1n) is 8.49. The number of nitrogens with zero attached hydrogens (tertiary/aromatic N) is 3. The third-order valence-corrected chi connectivity index (χ3v) is 7.28. The zero-order valence-electron chi connectivity index (χ0n) is 14.1. The molecule has 1 aliphatic heterocycles. The summed E-state index contributed by atoms with van der Waals surface area (Å²) in [6.07, 6.45) is 9.12. The van der Waals surface area contributed by atoms with E-state index >= 15 is 0 Å². The fourth-order valence-electron chi connectivity index (χ4n) is 4.33. The molecule has 5 nitrogen and oxygen atoms in total. The fourth-order valence-corrected chi connectivity index (χ4v) is 5.88. The lowest BCUT2D eigenvalue weighted by Crippen LogP contribution is -2.38. The van der Waals surface area contributed by atoms with Gasteiger partial charge in [-0.3, -0.25) is 4.98 Å². The summed E-state index contributed by atoms with van der Waals surface area (Å²) in [7, 11) is 0.726. The number of rotatable bonds is 4. The summed E-state index contributed by atoms with van der Waals surface area (Å²) >= 11 is 0. The maximum absolute atomic E-state index is 13.0. The number of hydrogen-bond acceptors (Lipinski definition) is 4. The highest BCUT2D eigenvalue weighted by Crippen LogP contribution is 2.48. The van der Waals surface area contributed by atoms with E-state index in [9.17, 15) is 8.42 Å². The Balaban J connectivity index is 1.88. The first-order chi connectivity index (χ1) is 10.9. The first-order valence-corrected chi connectivity index (χ1v) is 9.93. The molecule has 1 aromatic heterocycles. The van der Waals surface area contributed by atoms with Crippen LogP contribution < -0.4 is 0 Å². The van der Waals surface area contributed by atoms with Gasteiger partial charge in [-0.05, 0) is 50.4 Å². The van der Waals surface area contributed by atoms with E-state index in [1.54, 1.807) is 22.6 Å². The third kappa shape index (κ3) is 3.30. The molecule has 2 heterocycles. The Kier molecular flexibility index (Phi) is 4.76. The maximum Gasteiger partial charge on any atom is 0.244 e. The van der Waals surface area contributed by atoms with Crippen LogP contribution in [0.4, 0.5) is 0 Å². The standard InChI is InChI=1S/C17H27N3O2S/c1-19(2)12-15-13-20(14-17(15)8-4-3-5-9-17)23(21,22)16-7-6-10-18-11-16/h6-7,10-11,15H,3-5,8-9,12-14H2,1-2H3. The molecule has 3 rings (SSSR count). The molecule has 1 atom stereocenters. The van der Waals surface area contributed by atoms with Crippen molar-refractivity contribution in [3.63, 3.8) is 0 Å². The minimum atomic E-state index is -3.43. The van der Waals surface area contributed by atoms with Crippen LogP contribution in [0.2, 0.25) is 0 Å². The summed E-state index contributed by atoms with van der Waals surface area (Å²) in [5, 5.41) is 0. The zero-order valence-corrected chi connectivity index (χ0v) is 14.9. The van der Waals surface area contributed by atoms with Gasteiger partial charge in [-0.1, -0.05) is 19.3 Å². The van der Waals surface area contributed by atoms with Gasteiger partial charge in [0.15, 0.2) is 0 Å². The van der Waals surface area contributed by atoms with Crippen LogP contribution in [0.1, 0.15) is 32.1 Å². The minimum Gasteiger partial charge on any atom is -0.309 e. The van der Waals surface area contributed by atoms with Gasteiger partial charge in [0.2, 0.25) is 10.0 Å². The number of hydrogen-bond donors (Lipinski definition) is 0. The monoisotopic (exact) mass is 337 g/mol. The number of pyridine rings is 1. The van der Waals surface area contributed by atoms with Crippen molar-refractivity contribution in [3.05, 3.63) is 24.5 Å². The van der Waals surface area contributed by atoms with Crippen molar-refractivity contribution in [2.45, 2.75) is 37.0 Å². The van der Waals surface area contributed by atoms with Gasteiger partial charge < -0.3 is 4.90 Å². The summed E-state index contributed by atoms with van der Waals surface area (Å²) in [6.45, 7) is 2.26. The normalized spacial score (nSPS) is 25.3. The van der Waals surface area contributed by atoms with E-state index < -0.39 is 10.0 Å².